The summed E-state index contributed by atoms with van der Waals surface area (Å²) in [7, 11) is 0. The van der Waals surface area contributed by atoms with Crippen LogP contribution >= 0.6 is 11.3 Å². The quantitative estimate of drug-likeness (QED) is 0.483. The minimum Gasteiger partial charge on any atom is -0.426 e. The Labute approximate surface area is 109 Å². The highest BCUT2D eigenvalue weighted by molar-refractivity contribution is 7.12. The molecule has 1 aromatic heterocycles. The molecule has 0 atom stereocenters. The first-order chi connectivity index (χ1) is 8.58. The van der Waals surface area contributed by atoms with Crippen molar-refractivity contribution in [1.82, 2.24) is 0 Å². The summed E-state index contributed by atoms with van der Waals surface area (Å²) >= 11 is 1.39. The molecule has 0 bridgehead atoms. The van der Waals surface area contributed by atoms with Crippen molar-refractivity contribution in [2.45, 2.75) is 13.8 Å². The molecule has 0 aliphatic rings. The van der Waals surface area contributed by atoms with Crippen molar-refractivity contribution < 1.29 is 14.3 Å². The lowest BCUT2D eigenvalue weighted by Crippen LogP contribution is -2.05. The standard InChI is InChI=1S/C14H12O3S/c1-9-5-6-11(8-12(9)17-10(2)15)14(16)13-4-3-7-18-13/h3-8H,1-2H3. The van der Waals surface area contributed by atoms with Crippen LogP contribution in [0.15, 0.2) is 35.7 Å². The van der Waals surface area contributed by atoms with Gasteiger partial charge in [-0.15, -0.1) is 11.3 Å². The fourth-order valence-electron chi connectivity index (χ4n) is 1.56. The summed E-state index contributed by atoms with van der Waals surface area (Å²) in [6, 6.07) is 8.74. The Balaban J connectivity index is 2.35. The molecule has 0 spiro atoms. The Morgan fingerprint density at radius 3 is 2.61 bits per heavy atom. The number of ketones is 1. The van der Waals surface area contributed by atoms with Gasteiger partial charge < -0.3 is 4.74 Å². The molecular weight excluding hydrogens is 248 g/mol. The molecule has 2 rings (SSSR count). The molecule has 4 heteroatoms. The zero-order valence-electron chi connectivity index (χ0n) is 10.1. The van der Waals surface area contributed by atoms with Gasteiger partial charge in [0, 0.05) is 12.5 Å². The molecule has 0 N–H and O–H groups in total. The second-order valence-electron chi connectivity index (χ2n) is 3.88. The molecule has 0 saturated heterocycles. The maximum atomic E-state index is 12.1. The summed E-state index contributed by atoms with van der Waals surface area (Å²) in [6.07, 6.45) is 0. The number of rotatable bonds is 3. The maximum Gasteiger partial charge on any atom is 0.308 e. The van der Waals surface area contributed by atoms with E-state index in [1.165, 1.54) is 18.3 Å². The van der Waals surface area contributed by atoms with E-state index in [0.717, 1.165) is 5.56 Å². The lowest BCUT2D eigenvalue weighted by atomic mass is 10.1. The number of thiophene rings is 1. The summed E-state index contributed by atoms with van der Waals surface area (Å²) in [5.41, 5.74) is 1.35. The number of hydrogen-bond donors (Lipinski definition) is 0. The van der Waals surface area contributed by atoms with Gasteiger partial charge >= 0.3 is 5.97 Å². The molecule has 0 amide bonds. The van der Waals surface area contributed by atoms with Crippen LogP contribution in [0.5, 0.6) is 5.75 Å². The van der Waals surface area contributed by atoms with E-state index in [4.69, 9.17) is 4.74 Å². The maximum absolute atomic E-state index is 12.1. The molecule has 92 valence electrons. The lowest BCUT2D eigenvalue weighted by molar-refractivity contribution is -0.131. The second kappa shape index (κ2) is 5.14. The molecule has 0 fully saturated rings. The van der Waals surface area contributed by atoms with Gasteiger partial charge in [-0.1, -0.05) is 18.2 Å². The van der Waals surface area contributed by atoms with Crippen LogP contribution in [0.4, 0.5) is 0 Å². The van der Waals surface area contributed by atoms with Crippen LogP contribution in [0.1, 0.15) is 27.7 Å². The molecule has 3 nitrogen and oxygen atoms in total. The van der Waals surface area contributed by atoms with Crippen molar-refractivity contribution in [2.75, 3.05) is 0 Å². The predicted molar refractivity (Wildman–Crippen MR) is 70.2 cm³/mol. The first-order valence-electron chi connectivity index (χ1n) is 5.45. The number of ether oxygens (including phenoxy) is 1. The Morgan fingerprint density at radius 2 is 2.00 bits per heavy atom. The molecule has 1 aromatic carbocycles. The fraction of sp³-hybridized carbons (Fsp3) is 0.143. The highest BCUT2D eigenvalue weighted by atomic mass is 32.1. The van der Waals surface area contributed by atoms with E-state index >= 15 is 0 Å². The zero-order valence-corrected chi connectivity index (χ0v) is 10.9. The Kier molecular flexibility index (Phi) is 3.58. The normalized spacial score (nSPS) is 10.1. The minimum atomic E-state index is -0.390. The van der Waals surface area contributed by atoms with E-state index in [-0.39, 0.29) is 11.8 Å². The van der Waals surface area contributed by atoms with E-state index in [2.05, 4.69) is 0 Å². The highest BCUT2D eigenvalue weighted by Gasteiger charge is 2.12. The summed E-state index contributed by atoms with van der Waals surface area (Å²) < 4.78 is 5.07. The SMILES string of the molecule is CC(=O)Oc1cc(C(=O)c2cccs2)ccc1C. The van der Waals surface area contributed by atoms with E-state index in [1.54, 1.807) is 24.3 Å². The van der Waals surface area contributed by atoms with Gasteiger partial charge in [0.1, 0.15) is 5.75 Å². The molecule has 0 radical (unpaired) electrons. The van der Waals surface area contributed by atoms with Crippen molar-refractivity contribution in [1.29, 1.82) is 0 Å². The fourth-order valence-corrected chi connectivity index (χ4v) is 2.24. The Hall–Kier alpha value is -1.94. The van der Waals surface area contributed by atoms with Gasteiger partial charge in [-0.2, -0.15) is 0 Å². The van der Waals surface area contributed by atoms with Crippen LogP contribution in [0, 0.1) is 6.92 Å². The number of carbonyl (C=O) groups is 2. The largest absolute Gasteiger partial charge is 0.426 e. The summed E-state index contributed by atoms with van der Waals surface area (Å²) in [4.78, 5) is 23.8. The van der Waals surface area contributed by atoms with Crippen LogP contribution in [-0.4, -0.2) is 11.8 Å². The summed E-state index contributed by atoms with van der Waals surface area (Å²) in [5, 5.41) is 1.86. The number of carbonyl (C=O) groups excluding carboxylic acids is 2. The highest BCUT2D eigenvalue weighted by Crippen LogP contribution is 2.23. The van der Waals surface area contributed by atoms with Crippen LogP contribution in [0.3, 0.4) is 0 Å². The molecule has 0 aliphatic carbocycles. The van der Waals surface area contributed by atoms with E-state index in [1.807, 2.05) is 18.4 Å². The topological polar surface area (TPSA) is 43.4 Å². The van der Waals surface area contributed by atoms with Crippen molar-refractivity contribution in [3.05, 3.63) is 51.7 Å². The molecule has 0 unspecified atom stereocenters. The van der Waals surface area contributed by atoms with Crippen molar-refractivity contribution >= 4 is 23.1 Å². The summed E-state index contributed by atoms with van der Waals surface area (Å²) in [6.45, 7) is 3.17. The average molecular weight is 260 g/mol. The van der Waals surface area contributed by atoms with Gasteiger partial charge in [-0.25, -0.2) is 0 Å². The third-order valence-corrected chi connectivity index (χ3v) is 3.32. The molecule has 2 aromatic rings. The first kappa shape index (κ1) is 12.5. The third kappa shape index (κ3) is 2.65. The molecular formula is C14H12O3S. The van der Waals surface area contributed by atoms with Gasteiger partial charge in [0.05, 0.1) is 4.88 Å². The van der Waals surface area contributed by atoms with Gasteiger partial charge in [0.15, 0.2) is 0 Å². The van der Waals surface area contributed by atoms with E-state index in [0.29, 0.717) is 16.2 Å². The predicted octanol–water partition coefficient (Wildman–Crippen LogP) is 3.21. The first-order valence-corrected chi connectivity index (χ1v) is 6.33. The lowest BCUT2D eigenvalue weighted by Gasteiger charge is -2.07. The monoisotopic (exact) mass is 260 g/mol. The summed E-state index contributed by atoms with van der Waals surface area (Å²) in [5.74, 6) is -0.0119. The van der Waals surface area contributed by atoms with E-state index < -0.39 is 0 Å². The van der Waals surface area contributed by atoms with Gasteiger partial charge in [-0.05, 0) is 30.0 Å². The van der Waals surface area contributed by atoms with Gasteiger partial charge in [0.25, 0.3) is 0 Å². The van der Waals surface area contributed by atoms with Crippen LogP contribution in [0.25, 0.3) is 0 Å². The average Bonchev–Trinajstić information content (AvgIpc) is 2.84. The molecule has 18 heavy (non-hydrogen) atoms. The minimum absolute atomic E-state index is 0.0570. The van der Waals surface area contributed by atoms with Crippen LogP contribution < -0.4 is 4.74 Å². The number of benzene rings is 1. The van der Waals surface area contributed by atoms with Crippen LogP contribution in [0.2, 0.25) is 0 Å². The van der Waals surface area contributed by atoms with Crippen LogP contribution in [-0.2, 0) is 4.79 Å². The Morgan fingerprint density at radius 1 is 1.22 bits per heavy atom. The number of hydrogen-bond acceptors (Lipinski definition) is 4. The number of aryl methyl sites for hydroxylation is 1. The molecule has 1 heterocycles. The smallest absolute Gasteiger partial charge is 0.308 e. The zero-order chi connectivity index (χ0) is 13.1. The molecule has 0 saturated carbocycles. The van der Waals surface area contributed by atoms with Crippen molar-refractivity contribution in [3.8, 4) is 5.75 Å². The van der Waals surface area contributed by atoms with Gasteiger partial charge in [-0.3, -0.25) is 9.59 Å². The van der Waals surface area contributed by atoms with Gasteiger partial charge in [0.2, 0.25) is 5.78 Å². The molecule has 0 aliphatic heterocycles. The van der Waals surface area contributed by atoms with Crippen molar-refractivity contribution in [2.24, 2.45) is 0 Å². The third-order valence-electron chi connectivity index (χ3n) is 2.45. The van der Waals surface area contributed by atoms with E-state index in [9.17, 15) is 9.59 Å². The second-order valence-corrected chi connectivity index (χ2v) is 4.83. The van der Waals surface area contributed by atoms with Crippen molar-refractivity contribution in [3.63, 3.8) is 0 Å². The number of esters is 1. The Bertz CT molecular complexity index is 585.